The molecule has 0 fully saturated rings. The number of unbranched alkanes of at least 4 members (excludes halogenated alkanes) is 3. The summed E-state index contributed by atoms with van der Waals surface area (Å²) in [7, 11) is 0. The van der Waals surface area contributed by atoms with E-state index in [4.69, 9.17) is 10.5 Å². The molecule has 0 bridgehead atoms. The highest BCUT2D eigenvalue weighted by molar-refractivity contribution is 5.81. The number of urea groups is 1. The summed E-state index contributed by atoms with van der Waals surface area (Å²) in [5.41, 5.74) is 7.89. The van der Waals surface area contributed by atoms with E-state index >= 15 is 0 Å². The summed E-state index contributed by atoms with van der Waals surface area (Å²) in [6.07, 6.45) is 6.30. The van der Waals surface area contributed by atoms with Crippen LogP contribution in [0.1, 0.15) is 38.2 Å². The standard InChI is InChI=1S/C14H21N3O2/c1-2-3-4-5-10-19-13-8-6-12(7-9-13)11-16-17-14(15)18/h6-9,11H,2-5,10H2,1H3,(H3,15,17,18)/b16-11-. The van der Waals surface area contributed by atoms with Gasteiger partial charge in [0.1, 0.15) is 5.75 Å². The van der Waals surface area contributed by atoms with E-state index in [1.807, 2.05) is 24.3 Å². The molecule has 0 aliphatic carbocycles. The van der Waals surface area contributed by atoms with Crippen molar-refractivity contribution in [3.63, 3.8) is 0 Å². The van der Waals surface area contributed by atoms with Gasteiger partial charge in [0.2, 0.25) is 0 Å². The molecule has 0 spiro atoms. The summed E-state index contributed by atoms with van der Waals surface area (Å²) in [5, 5.41) is 3.68. The second kappa shape index (κ2) is 8.97. The average molecular weight is 263 g/mol. The van der Waals surface area contributed by atoms with Crippen LogP contribution in [-0.4, -0.2) is 18.9 Å². The molecule has 2 amide bonds. The van der Waals surface area contributed by atoms with Gasteiger partial charge in [-0.2, -0.15) is 5.10 Å². The number of carbonyl (C=O) groups excluding carboxylic acids is 1. The number of hydrogen-bond acceptors (Lipinski definition) is 3. The van der Waals surface area contributed by atoms with Crippen molar-refractivity contribution in [1.29, 1.82) is 0 Å². The van der Waals surface area contributed by atoms with Crippen LogP contribution in [0.3, 0.4) is 0 Å². The molecule has 0 aliphatic heterocycles. The van der Waals surface area contributed by atoms with E-state index in [2.05, 4.69) is 17.5 Å². The summed E-state index contributed by atoms with van der Waals surface area (Å²) in [6.45, 7) is 2.94. The van der Waals surface area contributed by atoms with Gasteiger partial charge in [-0.3, -0.25) is 0 Å². The molecule has 0 aliphatic rings. The number of benzene rings is 1. The molecule has 19 heavy (non-hydrogen) atoms. The van der Waals surface area contributed by atoms with Gasteiger partial charge in [-0.15, -0.1) is 0 Å². The van der Waals surface area contributed by atoms with Crippen LogP contribution in [0.5, 0.6) is 5.75 Å². The molecule has 104 valence electrons. The summed E-state index contributed by atoms with van der Waals surface area (Å²) in [5.74, 6) is 0.844. The minimum absolute atomic E-state index is 0.678. The zero-order chi connectivity index (χ0) is 13.9. The summed E-state index contributed by atoms with van der Waals surface area (Å²) >= 11 is 0. The number of hydrogen-bond donors (Lipinski definition) is 2. The predicted molar refractivity (Wildman–Crippen MR) is 76.4 cm³/mol. The lowest BCUT2D eigenvalue weighted by Crippen LogP contribution is -2.24. The molecule has 0 saturated carbocycles. The highest BCUT2D eigenvalue weighted by Crippen LogP contribution is 2.12. The lowest BCUT2D eigenvalue weighted by atomic mass is 10.2. The van der Waals surface area contributed by atoms with Crippen molar-refractivity contribution >= 4 is 12.2 Å². The van der Waals surface area contributed by atoms with Crippen LogP contribution in [0.15, 0.2) is 29.4 Å². The third kappa shape index (κ3) is 7.08. The largest absolute Gasteiger partial charge is 0.494 e. The summed E-state index contributed by atoms with van der Waals surface area (Å²) in [4.78, 5) is 10.4. The maximum absolute atomic E-state index is 10.4. The van der Waals surface area contributed by atoms with Gasteiger partial charge in [-0.25, -0.2) is 10.2 Å². The summed E-state index contributed by atoms with van der Waals surface area (Å²) in [6, 6.07) is 6.82. The maximum atomic E-state index is 10.4. The summed E-state index contributed by atoms with van der Waals surface area (Å²) < 4.78 is 5.62. The van der Waals surface area contributed by atoms with Gasteiger partial charge in [-0.05, 0) is 36.2 Å². The van der Waals surface area contributed by atoms with Crippen LogP contribution in [0.25, 0.3) is 0 Å². The van der Waals surface area contributed by atoms with E-state index in [0.717, 1.165) is 24.3 Å². The Labute approximate surface area is 113 Å². The molecule has 0 atom stereocenters. The Balaban J connectivity index is 2.31. The van der Waals surface area contributed by atoms with Crippen molar-refractivity contribution in [1.82, 2.24) is 5.43 Å². The molecule has 1 aromatic carbocycles. The van der Waals surface area contributed by atoms with Gasteiger partial charge in [0.25, 0.3) is 0 Å². The fraction of sp³-hybridized carbons (Fsp3) is 0.429. The fourth-order valence-electron chi connectivity index (χ4n) is 1.54. The normalized spacial score (nSPS) is 10.6. The van der Waals surface area contributed by atoms with Crippen LogP contribution in [0.4, 0.5) is 4.79 Å². The SMILES string of the molecule is CCCCCCOc1ccc(/C=N\NC(N)=O)cc1. The van der Waals surface area contributed by atoms with E-state index in [-0.39, 0.29) is 0 Å². The lowest BCUT2D eigenvalue weighted by molar-refractivity contribution is 0.249. The maximum Gasteiger partial charge on any atom is 0.332 e. The van der Waals surface area contributed by atoms with Crippen molar-refractivity contribution in [3.05, 3.63) is 29.8 Å². The Kier molecular flexibility index (Phi) is 7.09. The first-order valence-corrected chi connectivity index (χ1v) is 6.53. The van der Waals surface area contributed by atoms with E-state index < -0.39 is 6.03 Å². The second-order valence-corrected chi connectivity index (χ2v) is 4.21. The molecule has 5 heteroatoms. The molecule has 0 heterocycles. The lowest BCUT2D eigenvalue weighted by Gasteiger charge is -2.05. The van der Waals surface area contributed by atoms with Crippen molar-refractivity contribution in [3.8, 4) is 5.75 Å². The van der Waals surface area contributed by atoms with Crippen LogP contribution in [0.2, 0.25) is 0 Å². The monoisotopic (exact) mass is 263 g/mol. The molecule has 1 rings (SSSR count). The first-order valence-electron chi connectivity index (χ1n) is 6.53. The van der Waals surface area contributed by atoms with Crippen LogP contribution < -0.4 is 15.9 Å². The number of nitrogens with two attached hydrogens (primary N) is 1. The van der Waals surface area contributed by atoms with E-state index in [1.54, 1.807) is 0 Å². The molecular formula is C14H21N3O2. The van der Waals surface area contributed by atoms with Gasteiger partial charge in [0.15, 0.2) is 0 Å². The molecule has 1 aromatic rings. The molecular weight excluding hydrogens is 242 g/mol. The molecule has 0 radical (unpaired) electrons. The smallest absolute Gasteiger partial charge is 0.332 e. The highest BCUT2D eigenvalue weighted by Gasteiger charge is 1.94. The fourth-order valence-corrected chi connectivity index (χ4v) is 1.54. The topological polar surface area (TPSA) is 76.7 Å². The van der Waals surface area contributed by atoms with Gasteiger partial charge in [-0.1, -0.05) is 26.2 Å². The number of nitrogens with zero attached hydrogens (tertiary/aromatic N) is 1. The zero-order valence-corrected chi connectivity index (χ0v) is 11.3. The number of ether oxygens (including phenoxy) is 1. The first kappa shape index (κ1) is 15.0. The number of nitrogens with one attached hydrogen (secondary N) is 1. The Hall–Kier alpha value is -2.04. The number of hydrazone groups is 1. The average Bonchev–Trinajstić information content (AvgIpc) is 2.40. The number of rotatable bonds is 8. The Morgan fingerprint density at radius 1 is 1.32 bits per heavy atom. The minimum atomic E-state index is -0.678. The minimum Gasteiger partial charge on any atom is -0.494 e. The van der Waals surface area contributed by atoms with Crippen molar-refractivity contribution in [2.45, 2.75) is 32.6 Å². The third-order valence-electron chi connectivity index (χ3n) is 2.54. The number of amides is 2. The Morgan fingerprint density at radius 2 is 2.05 bits per heavy atom. The van der Waals surface area contributed by atoms with Gasteiger partial charge in [0.05, 0.1) is 12.8 Å². The molecule has 5 nitrogen and oxygen atoms in total. The molecule has 0 unspecified atom stereocenters. The zero-order valence-electron chi connectivity index (χ0n) is 11.3. The van der Waals surface area contributed by atoms with Gasteiger partial charge < -0.3 is 10.5 Å². The highest BCUT2D eigenvalue weighted by atomic mass is 16.5. The third-order valence-corrected chi connectivity index (χ3v) is 2.54. The van der Waals surface area contributed by atoms with Crippen LogP contribution in [-0.2, 0) is 0 Å². The molecule has 3 N–H and O–H groups in total. The van der Waals surface area contributed by atoms with E-state index in [0.29, 0.717) is 0 Å². The van der Waals surface area contributed by atoms with Crippen molar-refractivity contribution in [2.75, 3.05) is 6.61 Å². The van der Waals surface area contributed by atoms with E-state index in [1.165, 1.54) is 25.5 Å². The quantitative estimate of drug-likeness (QED) is 0.429. The van der Waals surface area contributed by atoms with E-state index in [9.17, 15) is 4.79 Å². The second-order valence-electron chi connectivity index (χ2n) is 4.21. The van der Waals surface area contributed by atoms with Crippen molar-refractivity contribution in [2.24, 2.45) is 10.8 Å². The Morgan fingerprint density at radius 3 is 2.68 bits per heavy atom. The van der Waals surface area contributed by atoms with Crippen LogP contribution in [0, 0.1) is 0 Å². The number of carbonyl (C=O) groups is 1. The van der Waals surface area contributed by atoms with Crippen molar-refractivity contribution < 1.29 is 9.53 Å². The van der Waals surface area contributed by atoms with Gasteiger partial charge in [0, 0.05) is 0 Å². The van der Waals surface area contributed by atoms with Crippen LogP contribution >= 0.6 is 0 Å². The number of primary amides is 1. The molecule has 0 saturated heterocycles. The molecule has 0 aromatic heterocycles. The van der Waals surface area contributed by atoms with Gasteiger partial charge >= 0.3 is 6.03 Å². The Bertz CT molecular complexity index is 402. The predicted octanol–water partition coefficient (Wildman–Crippen LogP) is 2.65. The first-order chi connectivity index (χ1) is 9.22.